The van der Waals surface area contributed by atoms with Gasteiger partial charge in [0.2, 0.25) is 0 Å². The zero-order valence-corrected chi connectivity index (χ0v) is 19.7. The number of aromatic nitrogens is 3. The summed E-state index contributed by atoms with van der Waals surface area (Å²) in [7, 11) is 2.99. The van der Waals surface area contributed by atoms with Gasteiger partial charge in [0, 0.05) is 53.5 Å². The van der Waals surface area contributed by atoms with E-state index in [4.69, 9.17) is 5.73 Å². The Bertz CT molecular complexity index is 1780. The van der Waals surface area contributed by atoms with Gasteiger partial charge in [0.1, 0.15) is 0 Å². The molecule has 0 atom stereocenters. The Labute approximate surface area is 200 Å². The molecule has 5 rings (SSSR count). The van der Waals surface area contributed by atoms with Gasteiger partial charge in [0.25, 0.3) is 11.2 Å². The van der Waals surface area contributed by atoms with Crippen LogP contribution in [0.4, 0.5) is 11.4 Å². The summed E-state index contributed by atoms with van der Waals surface area (Å²) in [4.78, 5) is 37.1. The van der Waals surface area contributed by atoms with E-state index in [9.17, 15) is 19.7 Å². The van der Waals surface area contributed by atoms with Gasteiger partial charge in [0.05, 0.1) is 27.2 Å². The Morgan fingerprint density at radius 2 is 1.68 bits per heavy atom. The fourth-order valence-corrected chi connectivity index (χ4v) is 4.79. The van der Waals surface area contributed by atoms with E-state index in [2.05, 4.69) is 15.9 Å². The van der Waals surface area contributed by atoms with Crippen LogP contribution in [0, 0.1) is 10.1 Å². The smallest absolute Gasteiger partial charge is 0.330 e. The summed E-state index contributed by atoms with van der Waals surface area (Å²) >= 11 is 3.50. The minimum atomic E-state index is -0.501. The fourth-order valence-electron chi connectivity index (χ4n) is 4.35. The highest BCUT2D eigenvalue weighted by atomic mass is 79.9. The Morgan fingerprint density at radius 3 is 2.38 bits per heavy atom. The van der Waals surface area contributed by atoms with E-state index in [1.807, 2.05) is 30.3 Å². The zero-order chi connectivity index (χ0) is 24.3. The molecule has 0 saturated heterocycles. The predicted molar refractivity (Wildman–Crippen MR) is 135 cm³/mol. The van der Waals surface area contributed by atoms with Crippen molar-refractivity contribution in [1.82, 2.24) is 13.7 Å². The molecule has 0 unspecified atom stereocenters. The van der Waals surface area contributed by atoms with Gasteiger partial charge in [-0.25, -0.2) is 4.79 Å². The van der Waals surface area contributed by atoms with Crippen LogP contribution >= 0.6 is 15.9 Å². The third kappa shape index (κ3) is 3.06. The Morgan fingerprint density at radius 1 is 0.971 bits per heavy atom. The number of nitrogens with two attached hydrogens (primary N) is 1. The molecule has 2 heterocycles. The van der Waals surface area contributed by atoms with Gasteiger partial charge >= 0.3 is 5.69 Å². The highest BCUT2D eigenvalue weighted by Gasteiger charge is 2.24. The maximum absolute atomic E-state index is 13.4. The molecular formula is C24H18BrN5O4. The maximum atomic E-state index is 13.4. The largest absolute Gasteiger partial charge is 0.398 e. The molecule has 0 fully saturated rings. The van der Waals surface area contributed by atoms with Gasteiger partial charge < -0.3 is 10.3 Å². The second kappa shape index (κ2) is 7.70. The molecule has 34 heavy (non-hydrogen) atoms. The van der Waals surface area contributed by atoms with Gasteiger partial charge in [0.15, 0.2) is 0 Å². The number of fused-ring (bicyclic) bond motifs is 2. The summed E-state index contributed by atoms with van der Waals surface area (Å²) < 4.78 is 4.74. The van der Waals surface area contributed by atoms with Gasteiger partial charge in [-0.3, -0.25) is 24.0 Å². The molecule has 0 saturated carbocycles. The Balaban J connectivity index is 2.04. The molecule has 0 aliphatic heterocycles. The van der Waals surface area contributed by atoms with Gasteiger partial charge in [-0.05, 0) is 23.6 Å². The molecular weight excluding hydrogens is 502 g/mol. The van der Waals surface area contributed by atoms with Crippen LogP contribution in [-0.2, 0) is 14.1 Å². The first-order chi connectivity index (χ1) is 16.2. The summed E-state index contributed by atoms with van der Waals surface area (Å²) in [6.07, 6.45) is 1.69. The number of hydrogen-bond acceptors (Lipinski definition) is 5. The number of benzene rings is 3. The highest BCUT2D eigenvalue weighted by Crippen LogP contribution is 2.39. The van der Waals surface area contributed by atoms with E-state index in [1.165, 1.54) is 23.7 Å². The van der Waals surface area contributed by atoms with E-state index in [1.54, 1.807) is 29.9 Å². The maximum Gasteiger partial charge on any atom is 0.330 e. The summed E-state index contributed by atoms with van der Waals surface area (Å²) in [6.45, 7) is 0. The van der Waals surface area contributed by atoms with Crippen LogP contribution in [-0.4, -0.2) is 18.6 Å². The van der Waals surface area contributed by atoms with Crippen LogP contribution in [0.5, 0.6) is 0 Å². The number of nitrogens with zero attached hydrogens (tertiary/aromatic N) is 4. The first-order valence-electron chi connectivity index (χ1n) is 10.2. The van der Waals surface area contributed by atoms with Crippen molar-refractivity contribution < 1.29 is 4.92 Å². The normalized spacial score (nSPS) is 11.4. The van der Waals surface area contributed by atoms with Crippen LogP contribution in [0.3, 0.4) is 0 Å². The molecule has 5 aromatic rings. The third-order valence-electron chi connectivity index (χ3n) is 6.03. The van der Waals surface area contributed by atoms with E-state index in [0.717, 1.165) is 15.3 Å². The van der Waals surface area contributed by atoms with Crippen LogP contribution < -0.4 is 17.0 Å². The number of anilines is 1. The number of nitro benzene ring substituents is 1. The number of rotatable bonds is 3. The molecule has 0 amide bonds. The average molecular weight is 520 g/mol. The molecule has 0 radical (unpaired) electrons. The van der Waals surface area contributed by atoms with Crippen molar-refractivity contribution in [3.8, 4) is 16.9 Å². The molecule has 0 spiro atoms. The molecule has 10 heteroatoms. The number of halogens is 1. The van der Waals surface area contributed by atoms with Crippen LogP contribution in [0.1, 0.15) is 0 Å². The first-order valence-corrected chi connectivity index (χ1v) is 11.0. The van der Waals surface area contributed by atoms with Crippen molar-refractivity contribution in [2.24, 2.45) is 14.1 Å². The quantitative estimate of drug-likeness (QED) is 0.218. The molecule has 9 nitrogen and oxygen atoms in total. The molecule has 170 valence electrons. The SMILES string of the molecule is Cn1c(=O)c2c(-c3cc([N+](=O)[O-])ccc3Br)n(-c3cccc4cccc(N)c34)cc2n(C)c1=O. The van der Waals surface area contributed by atoms with Crippen molar-refractivity contribution >= 4 is 49.0 Å². The second-order valence-electron chi connectivity index (χ2n) is 7.96. The lowest BCUT2D eigenvalue weighted by atomic mass is 10.1. The number of aryl methyl sites for hydroxylation is 1. The van der Waals surface area contributed by atoms with Crippen molar-refractivity contribution in [2.75, 3.05) is 5.73 Å². The molecule has 2 aromatic heterocycles. The lowest BCUT2D eigenvalue weighted by Gasteiger charge is -2.15. The van der Waals surface area contributed by atoms with Crippen molar-refractivity contribution in [1.29, 1.82) is 0 Å². The summed E-state index contributed by atoms with van der Waals surface area (Å²) in [5, 5.41) is 13.5. The fraction of sp³-hybridized carbons (Fsp3) is 0.0833. The first kappa shape index (κ1) is 21.7. The Hall–Kier alpha value is -4.18. The molecule has 0 aliphatic carbocycles. The Kier molecular flexibility index (Phi) is 4.90. The van der Waals surface area contributed by atoms with E-state index in [-0.39, 0.29) is 11.1 Å². The second-order valence-corrected chi connectivity index (χ2v) is 8.81. The predicted octanol–water partition coefficient (Wildman–Crippen LogP) is 4.10. The summed E-state index contributed by atoms with van der Waals surface area (Å²) in [5.41, 5.74) is 7.70. The molecule has 2 N–H and O–H groups in total. The van der Waals surface area contributed by atoms with Gasteiger partial charge in [-0.1, -0.05) is 40.2 Å². The van der Waals surface area contributed by atoms with Crippen molar-refractivity contribution in [3.63, 3.8) is 0 Å². The number of nitro groups is 1. The van der Waals surface area contributed by atoms with Crippen LogP contribution in [0.2, 0.25) is 0 Å². The molecule has 0 bridgehead atoms. The summed E-state index contributed by atoms with van der Waals surface area (Å²) in [5.74, 6) is 0. The topological polar surface area (TPSA) is 118 Å². The lowest BCUT2D eigenvalue weighted by molar-refractivity contribution is -0.384. The third-order valence-corrected chi connectivity index (χ3v) is 6.72. The molecule has 0 aliphatic rings. The van der Waals surface area contributed by atoms with Crippen LogP contribution in [0.25, 0.3) is 38.6 Å². The van der Waals surface area contributed by atoms with E-state index >= 15 is 0 Å². The number of nitrogen functional groups attached to an aromatic ring is 1. The molecule has 3 aromatic carbocycles. The van der Waals surface area contributed by atoms with E-state index < -0.39 is 16.2 Å². The van der Waals surface area contributed by atoms with E-state index in [0.29, 0.717) is 32.6 Å². The van der Waals surface area contributed by atoms with Gasteiger partial charge in [-0.2, -0.15) is 0 Å². The van der Waals surface area contributed by atoms with Crippen molar-refractivity contribution in [3.05, 3.63) is 96.2 Å². The van der Waals surface area contributed by atoms with Gasteiger partial charge in [-0.15, -0.1) is 0 Å². The van der Waals surface area contributed by atoms with Crippen molar-refractivity contribution in [2.45, 2.75) is 0 Å². The lowest BCUT2D eigenvalue weighted by Crippen LogP contribution is -2.36. The summed E-state index contributed by atoms with van der Waals surface area (Å²) in [6, 6.07) is 15.6. The zero-order valence-electron chi connectivity index (χ0n) is 18.2. The monoisotopic (exact) mass is 519 g/mol. The standard InChI is InChI=1S/C24H18BrN5O4/c1-27-19-12-29(18-8-4-6-13-5-3-7-17(26)20(13)18)22(21(19)23(31)28(2)24(27)32)15-11-14(30(33)34)9-10-16(15)25/h3-12H,26H2,1-2H3. The number of non-ortho nitro benzene ring substituents is 1. The number of hydrogen-bond donors (Lipinski definition) is 1. The van der Waals surface area contributed by atoms with Crippen LogP contribution in [0.15, 0.2) is 74.9 Å². The minimum absolute atomic E-state index is 0.127. The average Bonchev–Trinajstić information content (AvgIpc) is 3.22. The minimum Gasteiger partial charge on any atom is -0.398 e. The highest BCUT2D eigenvalue weighted by molar-refractivity contribution is 9.10.